The fraction of sp³-hybridized carbons (Fsp3) is 0.571. The Morgan fingerprint density at radius 2 is 1.95 bits per heavy atom. The molecule has 112 valence electrons. The Balaban J connectivity index is 2.28. The molecule has 20 heavy (non-hydrogen) atoms. The van der Waals surface area contributed by atoms with Gasteiger partial charge in [0.05, 0.1) is 14.2 Å². The molecule has 1 N–H and O–H groups in total. The Bertz CT molecular complexity index is 571. The van der Waals surface area contributed by atoms with Crippen molar-refractivity contribution in [3.05, 3.63) is 18.2 Å². The van der Waals surface area contributed by atoms with Crippen LogP contribution in [0.2, 0.25) is 0 Å². The smallest absolute Gasteiger partial charge is 0.244 e. The maximum Gasteiger partial charge on any atom is 0.244 e. The van der Waals surface area contributed by atoms with Gasteiger partial charge in [-0.05, 0) is 37.3 Å². The molecule has 1 aromatic carbocycles. The predicted molar refractivity (Wildman–Crippen MR) is 76.7 cm³/mol. The highest BCUT2D eigenvalue weighted by atomic mass is 32.2. The third-order valence-corrected chi connectivity index (χ3v) is 5.22. The molecule has 1 aliphatic rings. The second-order valence-electron chi connectivity index (χ2n) is 5.25. The molecule has 0 bridgehead atoms. The van der Waals surface area contributed by atoms with Gasteiger partial charge in [0.15, 0.2) is 0 Å². The third kappa shape index (κ3) is 3.24. The molecule has 0 spiro atoms. The number of hydrogen-bond donors (Lipinski definition) is 1. The van der Waals surface area contributed by atoms with Gasteiger partial charge in [-0.2, -0.15) is 0 Å². The number of methoxy groups -OCH3 is 2. The summed E-state index contributed by atoms with van der Waals surface area (Å²) in [6.07, 6.45) is 2.82. The maximum absolute atomic E-state index is 12.5. The Morgan fingerprint density at radius 3 is 2.50 bits per heavy atom. The summed E-state index contributed by atoms with van der Waals surface area (Å²) in [6, 6.07) is 4.77. The Labute approximate surface area is 120 Å². The van der Waals surface area contributed by atoms with Gasteiger partial charge in [0, 0.05) is 12.1 Å². The highest BCUT2D eigenvalue weighted by Gasteiger charge is 2.28. The molecule has 6 heteroatoms. The first-order valence-electron chi connectivity index (χ1n) is 6.70. The molecule has 1 aromatic rings. The maximum atomic E-state index is 12.5. The number of benzene rings is 1. The van der Waals surface area contributed by atoms with Crippen LogP contribution >= 0.6 is 0 Å². The molecule has 2 rings (SSSR count). The van der Waals surface area contributed by atoms with E-state index in [1.54, 1.807) is 12.1 Å². The van der Waals surface area contributed by atoms with Crippen LogP contribution in [0.1, 0.15) is 26.2 Å². The first-order chi connectivity index (χ1) is 9.46. The van der Waals surface area contributed by atoms with Crippen LogP contribution in [-0.4, -0.2) is 28.7 Å². The molecule has 0 saturated heterocycles. The lowest BCUT2D eigenvalue weighted by molar-refractivity contribution is 0.391. The van der Waals surface area contributed by atoms with E-state index in [2.05, 4.69) is 11.6 Å². The SMILES string of the molecule is COc1ccc(OC)c(S(=O)(=O)NC2CCC(C)C2)c1. The normalized spacial score (nSPS) is 22.8. The van der Waals surface area contributed by atoms with Crippen molar-refractivity contribution in [1.29, 1.82) is 0 Å². The summed E-state index contributed by atoms with van der Waals surface area (Å²) in [7, 11) is -0.636. The van der Waals surface area contributed by atoms with Gasteiger partial charge >= 0.3 is 0 Å². The molecule has 0 heterocycles. The fourth-order valence-electron chi connectivity index (χ4n) is 2.59. The lowest BCUT2D eigenvalue weighted by atomic mass is 10.1. The minimum Gasteiger partial charge on any atom is -0.497 e. The van der Waals surface area contributed by atoms with Crippen LogP contribution in [-0.2, 0) is 10.0 Å². The lowest BCUT2D eigenvalue weighted by Crippen LogP contribution is -2.33. The average molecular weight is 299 g/mol. The van der Waals surface area contributed by atoms with Crippen LogP contribution in [0, 0.1) is 5.92 Å². The van der Waals surface area contributed by atoms with Crippen LogP contribution in [0.4, 0.5) is 0 Å². The third-order valence-electron chi connectivity index (χ3n) is 3.68. The van der Waals surface area contributed by atoms with Crippen molar-refractivity contribution < 1.29 is 17.9 Å². The number of sulfonamides is 1. The van der Waals surface area contributed by atoms with E-state index in [-0.39, 0.29) is 10.9 Å². The molecule has 0 amide bonds. The zero-order valence-corrected chi connectivity index (χ0v) is 12.9. The van der Waals surface area contributed by atoms with E-state index in [4.69, 9.17) is 9.47 Å². The summed E-state index contributed by atoms with van der Waals surface area (Å²) in [5.74, 6) is 1.38. The highest BCUT2D eigenvalue weighted by molar-refractivity contribution is 7.89. The van der Waals surface area contributed by atoms with E-state index in [0.29, 0.717) is 17.4 Å². The zero-order valence-electron chi connectivity index (χ0n) is 12.0. The summed E-state index contributed by atoms with van der Waals surface area (Å²) >= 11 is 0. The first kappa shape index (κ1) is 15.1. The second-order valence-corrected chi connectivity index (χ2v) is 6.94. The Kier molecular flexibility index (Phi) is 4.55. The van der Waals surface area contributed by atoms with Crippen LogP contribution in [0.5, 0.6) is 11.5 Å². The molecular formula is C14H21NO4S. The molecular weight excluding hydrogens is 278 g/mol. The van der Waals surface area contributed by atoms with E-state index < -0.39 is 10.0 Å². The first-order valence-corrected chi connectivity index (χ1v) is 8.19. The Morgan fingerprint density at radius 1 is 1.20 bits per heavy atom. The van der Waals surface area contributed by atoms with Crippen molar-refractivity contribution in [2.45, 2.75) is 37.1 Å². The topological polar surface area (TPSA) is 64.6 Å². The molecule has 0 aliphatic heterocycles. The van der Waals surface area contributed by atoms with Gasteiger partial charge in [-0.3, -0.25) is 0 Å². The van der Waals surface area contributed by atoms with E-state index in [1.807, 2.05) is 0 Å². The summed E-state index contributed by atoms with van der Waals surface area (Å²) in [5, 5.41) is 0. The monoisotopic (exact) mass is 299 g/mol. The van der Waals surface area contributed by atoms with Crippen molar-refractivity contribution in [3.63, 3.8) is 0 Å². The number of rotatable bonds is 5. The second kappa shape index (κ2) is 6.01. The van der Waals surface area contributed by atoms with Crippen molar-refractivity contribution in [1.82, 2.24) is 4.72 Å². The molecule has 0 radical (unpaired) electrons. The number of nitrogens with one attached hydrogen (secondary N) is 1. The van der Waals surface area contributed by atoms with Gasteiger partial charge in [0.1, 0.15) is 16.4 Å². The summed E-state index contributed by atoms with van der Waals surface area (Å²) in [4.78, 5) is 0.124. The van der Waals surface area contributed by atoms with Crippen LogP contribution in [0.25, 0.3) is 0 Å². The molecule has 1 aliphatic carbocycles. The molecule has 1 fully saturated rings. The number of hydrogen-bond acceptors (Lipinski definition) is 4. The average Bonchev–Trinajstić information content (AvgIpc) is 2.82. The van der Waals surface area contributed by atoms with Crippen molar-refractivity contribution >= 4 is 10.0 Å². The van der Waals surface area contributed by atoms with Crippen molar-refractivity contribution in [2.75, 3.05) is 14.2 Å². The molecule has 5 nitrogen and oxygen atoms in total. The van der Waals surface area contributed by atoms with Gasteiger partial charge in [-0.25, -0.2) is 13.1 Å². The van der Waals surface area contributed by atoms with Gasteiger partial charge in [-0.1, -0.05) is 6.92 Å². The minimum absolute atomic E-state index is 0.00547. The van der Waals surface area contributed by atoms with E-state index >= 15 is 0 Å². The molecule has 1 saturated carbocycles. The summed E-state index contributed by atoms with van der Waals surface area (Å²) < 4.78 is 38.0. The van der Waals surface area contributed by atoms with Crippen LogP contribution in [0.15, 0.2) is 23.1 Å². The van der Waals surface area contributed by atoms with Gasteiger partial charge in [0.2, 0.25) is 10.0 Å². The van der Waals surface area contributed by atoms with Crippen molar-refractivity contribution in [3.8, 4) is 11.5 Å². The van der Waals surface area contributed by atoms with Crippen LogP contribution in [0.3, 0.4) is 0 Å². The summed E-state index contributed by atoms with van der Waals surface area (Å²) in [5.41, 5.74) is 0. The number of ether oxygens (including phenoxy) is 2. The molecule has 2 unspecified atom stereocenters. The quantitative estimate of drug-likeness (QED) is 0.905. The predicted octanol–water partition coefficient (Wildman–Crippen LogP) is 2.17. The van der Waals surface area contributed by atoms with E-state index in [9.17, 15) is 8.42 Å². The van der Waals surface area contributed by atoms with Gasteiger partial charge < -0.3 is 9.47 Å². The standard InChI is InChI=1S/C14H21NO4S/c1-10-4-5-11(8-10)15-20(16,17)14-9-12(18-2)6-7-13(14)19-3/h6-7,9-11,15H,4-5,8H2,1-3H3. The van der Waals surface area contributed by atoms with Crippen molar-refractivity contribution in [2.24, 2.45) is 5.92 Å². The van der Waals surface area contributed by atoms with Crippen LogP contribution < -0.4 is 14.2 Å². The Hall–Kier alpha value is -1.27. The molecule has 2 atom stereocenters. The lowest BCUT2D eigenvalue weighted by Gasteiger charge is -2.15. The highest BCUT2D eigenvalue weighted by Crippen LogP contribution is 2.30. The van der Waals surface area contributed by atoms with Gasteiger partial charge in [0.25, 0.3) is 0 Å². The fourth-order valence-corrected chi connectivity index (χ4v) is 4.06. The van der Waals surface area contributed by atoms with Gasteiger partial charge in [-0.15, -0.1) is 0 Å². The zero-order chi connectivity index (χ0) is 14.8. The summed E-state index contributed by atoms with van der Waals surface area (Å²) in [6.45, 7) is 2.14. The van der Waals surface area contributed by atoms with E-state index in [1.165, 1.54) is 20.3 Å². The minimum atomic E-state index is -3.60. The molecule has 0 aromatic heterocycles. The van der Waals surface area contributed by atoms with E-state index in [0.717, 1.165) is 19.3 Å². The largest absolute Gasteiger partial charge is 0.497 e.